The molecular formula is C11H11ClN4. The first kappa shape index (κ1) is 9.54. The summed E-state index contributed by atoms with van der Waals surface area (Å²) in [6.45, 7) is 0.753. The molecule has 0 saturated carbocycles. The van der Waals surface area contributed by atoms with Crippen LogP contribution in [0.2, 0.25) is 5.02 Å². The summed E-state index contributed by atoms with van der Waals surface area (Å²) in [6.07, 6.45) is 1.86. The molecule has 2 aromatic rings. The zero-order chi connectivity index (χ0) is 11.1. The number of nitrogens with one attached hydrogen (secondary N) is 2. The lowest BCUT2D eigenvalue weighted by Crippen LogP contribution is -2.00. The van der Waals surface area contributed by atoms with E-state index >= 15 is 0 Å². The largest absolute Gasteiger partial charge is 0.379 e. The molecule has 16 heavy (non-hydrogen) atoms. The second-order valence-electron chi connectivity index (χ2n) is 3.78. The van der Waals surface area contributed by atoms with E-state index in [1.54, 1.807) is 0 Å². The summed E-state index contributed by atoms with van der Waals surface area (Å²) in [5.74, 6) is 0.986. The summed E-state index contributed by atoms with van der Waals surface area (Å²) in [4.78, 5) is 0. The molecule has 1 aromatic carbocycles. The Morgan fingerprint density at radius 1 is 1.44 bits per heavy atom. The van der Waals surface area contributed by atoms with E-state index < -0.39 is 0 Å². The number of para-hydroxylation sites is 1. The average Bonchev–Trinajstić information content (AvgIpc) is 2.51. The summed E-state index contributed by atoms with van der Waals surface area (Å²) >= 11 is 6.17. The van der Waals surface area contributed by atoms with Gasteiger partial charge in [0, 0.05) is 19.2 Å². The number of nitrogens with zero attached hydrogens (tertiary/aromatic N) is 2. The number of rotatable bonds is 0. The van der Waals surface area contributed by atoms with Crippen molar-refractivity contribution in [1.82, 2.24) is 9.78 Å². The molecule has 0 fully saturated rings. The van der Waals surface area contributed by atoms with Crippen LogP contribution in [-0.2, 0) is 13.6 Å². The summed E-state index contributed by atoms with van der Waals surface area (Å²) in [6, 6.07) is 5.81. The van der Waals surface area contributed by atoms with Crippen LogP contribution in [0.3, 0.4) is 0 Å². The maximum Gasteiger partial charge on any atom is 0.133 e. The molecule has 1 aliphatic rings. The predicted molar refractivity (Wildman–Crippen MR) is 65.3 cm³/mol. The second kappa shape index (κ2) is 3.42. The fourth-order valence-corrected chi connectivity index (χ4v) is 2.10. The Bertz CT molecular complexity index is 547. The molecule has 0 spiro atoms. The van der Waals surface area contributed by atoms with Crippen molar-refractivity contribution < 1.29 is 0 Å². The topological polar surface area (TPSA) is 41.9 Å². The maximum atomic E-state index is 6.17. The van der Waals surface area contributed by atoms with Crippen LogP contribution in [0.4, 0.5) is 17.2 Å². The van der Waals surface area contributed by atoms with E-state index in [1.165, 1.54) is 0 Å². The highest BCUT2D eigenvalue weighted by Crippen LogP contribution is 2.36. The molecule has 2 N–H and O–H groups in total. The van der Waals surface area contributed by atoms with Crippen LogP contribution in [0.1, 0.15) is 5.56 Å². The number of hydrogen-bond donors (Lipinski definition) is 2. The van der Waals surface area contributed by atoms with Crippen LogP contribution >= 0.6 is 11.6 Å². The molecule has 4 nitrogen and oxygen atoms in total. The molecule has 0 bridgehead atoms. The highest BCUT2D eigenvalue weighted by molar-refractivity contribution is 6.34. The van der Waals surface area contributed by atoms with E-state index in [1.807, 2.05) is 36.1 Å². The van der Waals surface area contributed by atoms with Gasteiger partial charge in [0.1, 0.15) is 5.82 Å². The molecule has 0 aliphatic carbocycles. The van der Waals surface area contributed by atoms with E-state index in [9.17, 15) is 0 Å². The van der Waals surface area contributed by atoms with Crippen molar-refractivity contribution in [1.29, 1.82) is 0 Å². The normalized spacial score (nSPS) is 13.1. The lowest BCUT2D eigenvalue weighted by molar-refractivity contribution is 0.776. The summed E-state index contributed by atoms with van der Waals surface area (Å²) in [5.41, 5.74) is 3.06. The number of aryl methyl sites for hydroxylation is 1. The van der Waals surface area contributed by atoms with Gasteiger partial charge in [0.05, 0.1) is 22.6 Å². The Balaban J connectivity index is 2.15. The van der Waals surface area contributed by atoms with E-state index in [0.29, 0.717) is 5.02 Å². The van der Waals surface area contributed by atoms with Gasteiger partial charge in [-0.25, -0.2) is 0 Å². The smallest absolute Gasteiger partial charge is 0.133 e. The van der Waals surface area contributed by atoms with E-state index in [2.05, 4.69) is 15.7 Å². The summed E-state index contributed by atoms with van der Waals surface area (Å²) in [5, 5.41) is 11.6. The van der Waals surface area contributed by atoms with Crippen molar-refractivity contribution in [2.45, 2.75) is 6.54 Å². The first-order chi connectivity index (χ1) is 7.75. The number of halogens is 1. The zero-order valence-electron chi connectivity index (χ0n) is 8.79. The monoisotopic (exact) mass is 234 g/mol. The molecule has 0 amide bonds. The Kier molecular flexibility index (Phi) is 2.04. The van der Waals surface area contributed by atoms with Crippen molar-refractivity contribution >= 4 is 28.8 Å². The molecule has 2 heterocycles. The second-order valence-corrected chi connectivity index (χ2v) is 4.19. The van der Waals surface area contributed by atoms with Gasteiger partial charge < -0.3 is 10.6 Å². The lowest BCUT2D eigenvalue weighted by atomic mass is 10.2. The molecule has 0 atom stereocenters. The number of hydrogen-bond acceptors (Lipinski definition) is 3. The Labute approximate surface area is 98.2 Å². The highest BCUT2D eigenvalue weighted by atomic mass is 35.5. The van der Waals surface area contributed by atoms with Crippen LogP contribution in [-0.4, -0.2) is 9.78 Å². The molecule has 0 radical (unpaired) electrons. The number of benzene rings is 1. The Morgan fingerprint density at radius 2 is 2.31 bits per heavy atom. The van der Waals surface area contributed by atoms with E-state index in [0.717, 1.165) is 29.3 Å². The molecule has 1 aliphatic heterocycles. The van der Waals surface area contributed by atoms with Crippen LogP contribution in [0, 0.1) is 0 Å². The quantitative estimate of drug-likeness (QED) is 0.737. The van der Waals surface area contributed by atoms with Gasteiger partial charge >= 0.3 is 0 Å². The fraction of sp³-hybridized carbons (Fsp3) is 0.182. The molecule has 3 rings (SSSR count). The van der Waals surface area contributed by atoms with E-state index in [4.69, 9.17) is 11.6 Å². The third-order valence-corrected chi connectivity index (χ3v) is 3.06. The standard InChI is InChI=1S/C11H11ClN4/c1-16-11-7(6-14-16)5-13-9-4-2-3-8(12)10(9)15-11/h2-4,6,13,15H,5H2,1H3. The van der Waals surface area contributed by atoms with Crippen LogP contribution < -0.4 is 10.6 Å². The Hall–Kier alpha value is -1.68. The SMILES string of the molecule is Cn1ncc2c1Nc1c(Cl)cccc1NC2. The summed E-state index contributed by atoms with van der Waals surface area (Å²) < 4.78 is 1.81. The van der Waals surface area contributed by atoms with Gasteiger partial charge in [0.15, 0.2) is 0 Å². The van der Waals surface area contributed by atoms with Gasteiger partial charge in [-0.15, -0.1) is 0 Å². The molecule has 1 aromatic heterocycles. The molecule has 0 unspecified atom stereocenters. The fourth-order valence-electron chi connectivity index (χ4n) is 1.88. The van der Waals surface area contributed by atoms with Crippen molar-refractivity contribution in [2.24, 2.45) is 7.05 Å². The van der Waals surface area contributed by atoms with Gasteiger partial charge in [-0.1, -0.05) is 17.7 Å². The van der Waals surface area contributed by atoms with Crippen LogP contribution in [0.15, 0.2) is 24.4 Å². The maximum absolute atomic E-state index is 6.17. The number of anilines is 3. The predicted octanol–water partition coefficient (Wildman–Crippen LogP) is 2.74. The average molecular weight is 235 g/mol. The van der Waals surface area contributed by atoms with Gasteiger partial charge in [0.2, 0.25) is 0 Å². The van der Waals surface area contributed by atoms with Crippen molar-refractivity contribution in [2.75, 3.05) is 10.6 Å². The number of fused-ring (bicyclic) bond motifs is 2. The van der Waals surface area contributed by atoms with Gasteiger partial charge in [-0.05, 0) is 12.1 Å². The molecular weight excluding hydrogens is 224 g/mol. The van der Waals surface area contributed by atoms with Gasteiger partial charge in [-0.3, -0.25) is 4.68 Å². The Morgan fingerprint density at radius 3 is 3.19 bits per heavy atom. The highest BCUT2D eigenvalue weighted by Gasteiger charge is 2.16. The summed E-state index contributed by atoms with van der Waals surface area (Å²) in [7, 11) is 1.91. The molecule has 82 valence electrons. The number of aromatic nitrogens is 2. The molecule has 0 saturated heterocycles. The van der Waals surface area contributed by atoms with Gasteiger partial charge in [-0.2, -0.15) is 5.10 Å². The molecule has 5 heteroatoms. The lowest BCUT2D eigenvalue weighted by Gasteiger charge is -2.10. The van der Waals surface area contributed by atoms with Crippen LogP contribution in [0.5, 0.6) is 0 Å². The minimum Gasteiger partial charge on any atom is -0.379 e. The van der Waals surface area contributed by atoms with Gasteiger partial charge in [0.25, 0.3) is 0 Å². The third kappa shape index (κ3) is 1.34. The third-order valence-electron chi connectivity index (χ3n) is 2.74. The van der Waals surface area contributed by atoms with Crippen LogP contribution in [0.25, 0.3) is 0 Å². The first-order valence-corrected chi connectivity index (χ1v) is 5.44. The van der Waals surface area contributed by atoms with E-state index in [-0.39, 0.29) is 0 Å². The minimum atomic E-state index is 0.707. The van der Waals surface area contributed by atoms with Crippen molar-refractivity contribution in [3.63, 3.8) is 0 Å². The minimum absolute atomic E-state index is 0.707. The first-order valence-electron chi connectivity index (χ1n) is 5.06. The zero-order valence-corrected chi connectivity index (χ0v) is 9.54. The van der Waals surface area contributed by atoms with Crippen molar-refractivity contribution in [3.05, 3.63) is 35.0 Å². The van der Waals surface area contributed by atoms with Crippen molar-refractivity contribution in [3.8, 4) is 0 Å².